The van der Waals surface area contributed by atoms with E-state index in [4.69, 9.17) is 11.6 Å². The Morgan fingerprint density at radius 1 is 1.58 bits per heavy atom. The van der Waals surface area contributed by atoms with Crippen molar-refractivity contribution in [3.05, 3.63) is 21.6 Å². The Labute approximate surface area is 114 Å². The second-order valence-corrected chi connectivity index (χ2v) is 6.85. The van der Waals surface area contributed by atoms with Gasteiger partial charge in [-0.2, -0.15) is 4.98 Å². The van der Waals surface area contributed by atoms with Gasteiger partial charge in [-0.15, -0.1) is 0 Å². The maximum atomic E-state index is 11.3. The smallest absolute Gasteiger partial charge is 0.329 e. The molecule has 1 N–H and O–H groups in total. The van der Waals surface area contributed by atoms with Crippen molar-refractivity contribution in [2.75, 3.05) is 23.4 Å². The van der Waals surface area contributed by atoms with E-state index in [-0.39, 0.29) is 34.2 Å². The largest absolute Gasteiger partial charge is 0.364 e. The SMILES string of the molecule is O=[N+]([O-])c1cnc(Cl)nc1NCC1CCS(=O)(=O)C1. The third kappa shape index (κ3) is 3.51. The minimum Gasteiger partial charge on any atom is -0.364 e. The van der Waals surface area contributed by atoms with E-state index in [2.05, 4.69) is 15.3 Å². The Kier molecular flexibility index (Phi) is 3.85. The van der Waals surface area contributed by atoms with Crippen molar-refractivity contribution in [1.29, 1.82) is 0 Å². The van der Waals surface area contributed by atoms with Crippen LogP contribution in [0.4, 0.5) is 11.5 Å². The van der Waals surface area contributed by atoms with Gasteiger partial charge < -0.3 is 5.32 Å². The second-order valence-electron chi connectivity index (χ2n) is 4.28. The summed E-state index contributed by atoms with van der Waals surface area (Å²) in [4.78, 5) is 17.4. The quantitative estimate of drug-likeness (QED) is 0.499. The van der Waals surface area contributed by atoms with Gasteiger partial charge in [0.25, 0.3) is 0 Å². The van der Waals surface area contributed by atoms with Crippen molar-refractivity contribution in [2.45, 2.75) is 6.42 Å². The first kappa shape index (κ1) is 13.9. The van der Waals surface area contributed by atoms with E-state index in [1.165, 1.54) is 0 Å². The zero-order valence-electron chi connectivity index (χ0n) is 9.74. The van der Waals surface area contributed by atoms with Gasteiger partial charge in [0.15, 0.2) is 9.84 Å². The van der Waals surface area contributed by atoms with Crippen molar-refractivity contribution in [3.8, 4) is 0 Å². The summed E-state index contributed by atoms with van der Waals surface area (Å²) in [6, 6.07) is 0. The summed E-state index contributed by atoms with van der Waals surface area (Å²) in [5.74, 6) is 0.186. The molecule has 19 heavy (non-hydrogen) atoms. The first-order valence-electron chi connectivity index (χ1n) is 5.48. The highest BCUT2D eigenvalue weighted by molar-refractivity contribution is 7.91. The number of nitrogens with one attached hydrogen (secondary N) is 1. The van der Waals surface area contributed by atoms with Crippen LogP contribution in [-0.4, -0.2) is 41.4 Å². The van der Waals surface area contributed by atoms with Gasteiger partial charge in [-0.1, -0.05) is 0 Å². The third-order valence-corrected chi connectivity index (χ3v) is 4.84. The normalized spacial score (nSPS) is 21.2. The van der Waals surface area contributed by atoms with Crippen LogP contribution in [-0.2, 0) is 9.84 Å². The van der Waals surface area contributed by atoms with Crippen LogP contribution in [0.25, 0.3) is 0 Å². The fourth-order valence-electron chi connectivity index (χ4n) is 1.89. The highest BCUT2D eigenvalue weighted by atomic mass is 35.5. The van der Waals surface area contributed by atoms with Crippen LogP contribution in [0.5, 0.6) is 0 Å². The van der Waals surface area contributed by atoms with Crippen molar-refractivity contribution in [2.24, 2.45) is 5.92 Å². The van der Waals surface area contributed by atoms with Gasteiger partial charge in [0, 0.05) is 6.54 Å². The Bertz CT molecular complexity index is 606. The Hall–Kier alpha value is -1.48. The fourth-order valence-corrected chi connectivity index (χ4v) is 3.89. The van der Waals surface area contributed by atoms with Gasteiger partial charge in [0.1, 0.15) is 6.20 Å². The maximum absolute atomic E-state index is 11.3. The van der Waals surface area contributed by atoms with E-state index < -0.39 is 14.8 Å². The molecular weight excluding hydrogens is 296 g/mol. The number of sulfone groups is 1. The number of hydrogen-bond acceptors (Lipinski definition) is 7. The molecule has 1 fully saturated rings. The molecule has 2 heterocycles. The monoisotopic (exact) mass is 306 g/mol. The Balaban J connectivity index is 2.07. The van der Waals surface area contributed by atoms with Crippen molar-refractivity contribution < 1.29 is 13.3 Å². The molecule has 1 saturated heterocycles. The number of nitrogens with zero attached hydrogens (tertiary/aromatic N) is 3. The van der Waals surface area contributed by atoms with Crippen LogP contribution >= 0.6 is 11.6 Å². The van der Waals surface area contributed by atoms with E-state index in [1.807, 2.05) is 0 Å². The lowest BCUT2D eigenvalue weighted by Gasteiger charge is -2.10. The lowest BCUT2D eigenvalue weighted by atomic mass is 10.1. The number of anilines is 1. The maximum Gasteiger partial charge on any atom is 0.329 e. The predicted molar refractivity (Wildman–Crippen MR) is 68.9 cm³/mol. The molecule has 1 atom stereocenters. The summed E-state index contributed by atoms with van der Waals surface area (Å²) < 4.78 is 22.6. The molecule has 1 aliphatic rings. The van der Waals surface area contributed by atoms with Crippen molar-refractivity contribution in [1.82, 2.24) is 9.97 Å². The van der Waals surface area contributed by atoms with Gasteiger partial charge in [-0.05, 0) is 23.9 Å². The summed E-state index contributed by atoms with van der Waals surface area (Å²) in [6.07, 6.45) is 1.56. The molecule has 0 saturated carbocycles. The van der Waals surface area contributed by atoms with E-state index in [1.54, 1.807) is 0 Å². The highest BCUT2D eigenvalue weighted by Gasteiger charge is 2.28. The molecule has 1 unspecified atom stereocenters. The molecular formula is C9H11ClN4O4S. The number of nitro groups is 1. The molecule has 8 nitrogen and oxygen atoms in total. The topological polar surface area (TPSA) is 115 Å². The average molecular weight is 307 g/mol. The van der Waals surface area contributed by atoms with E-state index in [0.29, 0.717) is 13.0 Å². The summed E-state index contributed by atoms with van der Waals surface area (Å²) in [5, 5.41) is 13.4. The number of hydrogen-bond donors (Lipinski definition) is 1. The minimum atomic E-state index is -2.97. The lowest BCUT2D eigenvalue weighted by molar-refractivity contribution is -0.384. The second kappa shape index (κ2) is 5.25. The first-order chi connectivity index (χ1) is 8.87. The number of halogens is 1. The average Bonchev–Trinajstić information content (AvgIpc) is 2.66. The zero-order chi connectivity index (χ0) is 14.0. The predicted octanol–water partition coefficient (Wildman–Crippen LogP) is 0.885. The number of aromatic nitrogens is 2. The molecule has 1 aromatic rings. The van der Waals surface area contributed by atoms with E-state index >= 15 is 0 Å². The van der Waals surface area contributed by atoms with Crippen molar-refractivity contribution >= 4 is 32.9 Å². The number of rotatable bonds is 4. The first-order valence-corrected chi connectivity index (χ1v) is 7.68. The molecule has 10 heteroatoms. The lowest BCUT2D eigenvalue weighted by Crippen LogP contribution is -2.17. The molecule has 0 bridgehead atoms. The van der Waals surface area contributed by atoms with Crippen LogP contribution in [0.3, 0.4) is 0 Å². The molecule has 104 valence electrons. The van der Waals surface area contributed by atoms with E-state index in [9.17, 15) is 18.5 Å². The zero-order valence-corrected chi connectivity index (χ0v) is 11.3. The standard InChI is InChI=1S/C9H11ClN4O4S/c10-9-12-4-7(14(15)16)8(13-9)11-3-6-1-2-19(17,18)5-6/h4,6H,1-3,5H2,(H,11,12,13). The van der Waals surface area contributed by atoms with Gasteiger partial charge in [-0.25, -0.2) is 13.4 Å². The molecule has 1 aliphatic heterocycles. The van der Waals surface area contributed by atoms with Crippen LogP contribution in [0.1, 0.15) is 6.42 Å². The molecule has 0 spiro atoms. The van der Waals surface area contributed by atoms with Gasteiger partial charge in [0.05, 0.1) is 16.4 Å². The molecule has 0 radical (unpaired) electrons. The molecule has 0 aromatic carbocycles. The van der Waals surface area contributed by atoms with Crippen molar-refractivity contribution in [3.63, 3.8) is 0 Å². The molecule has 0 aliphatic carbocycles. The van der Waals surface area contributed by atoms with Crippen LogP contribution < -0.4 is 5.32 Å². The summed E-state index contributed by atoms with van der Waals surface area (Å²) >= 11 is 5.58. The fraction of sp³-hybridized carbons (Fsp3) is 0.556. The summed E-state index contributed by atoms with van der Waals surface area (Å²) in [5.41, 5.74) is -0.287. The Morgan fingerprint density at radius 3 is 2.89 bits per heavy atom. The molecule has 1 aromatic heterocycles. The molecule has 2 rings (SSSR count). The van der Waals surface area contributed by atoms with E-state index in [0.717, 1.165) is 6.20 Å². The van der Waals surface area contributed by atoms with Crippen LogP contribution in [0.2, 0.25) is 5.28 Å². The third-order valence-electron chi connectivity index (χ3n) is 2.82. The summed E-state index contributed by atoms with van der Waals surface area (Å²) in [7, 11) is -2.97. The minimum absolute atomic E-state index is 0.00861. The van der Waals surface area contributed by atoms with Gasteiger partial charge >= 0.3 is 5.69 Å². The summed E-state index contributed by atoms with van der Waals surface area (Å²) in [6.45, 7) is 0.299. The van der Waals surface area contributed by atoms with Crippen LogP contribution in [0, 0.1) is 16.0 Å². The Morgan fingerprint density at radius 2 is 2.32 bits per heavy atom. The highest BCUT2D eigenvalue weighted by Crippen LogP contribution is 2.24. The van der Waals surface area contributed by atoms with Crippen LogP contribution in [0.15, 0.2) is 6.20 Å². The van der Waals surface area contributed by atoms with Gasteiger partial charge in [0.2, 0.25) is 11.1 Å². The molecule has 0 amide bonds. The van der Waals surface area contributed by atoms with Gasteiger partial charge in [-0.3, -0.25) is 10.1 Å².